The van der Waals surface area contributed by atoms with Gasteiger partial charge in [-0.15, -0.1) is 12.4 Å². The molecule has 2 aromatic rings. The quantitative estimate of drug-likeness (QED) is 0.843. The minimum absolute atomic E-state index is 0. The fourth-order valence-corrected chi connectivity index (χ4v) is 1.73. The van der Waals surface area contributed by atoms with E-state index in [0.717, 1.165) is 5.52 Å². The summed E-state index contributed by atoms with van der Waals surface area (Å²) in [6.45, 7) is 1.97. The van der Waals surface area contributed by atoms with Crippen molar-refractivity contribution in [2.24, 2.45) is 5.73 Å². The number of aromatic amines is 1. The van der Waals surface area contributed by atoms with Crippen molar-refractivity contribution in [2.45, 2.75) is 13.0 Å². The van der Waals surface area contributed by atoms with E-state index in [0.29, 0.717) is 10.9 Å². The number of fused-ring (bicyclic) bond motifs is 1. The third-order valence-corrected chi connectivity index (χ3v) is 2.55. The van der Waals surface area contributed by atoms with Gasteiger partial charge < -0.3 is 15.5 Å². The Kier molecular flexibility index (Phi) is 4.69. The van der Waals surface area contributed by atoms with Crippen LogP contribution in [0.4, 0.5) is 4.39 Å². The van der Waals surface area contributed by atoms with E-state index >= 15 is 0 Å². The monoisotopic (exact) mass is 272 g/mol. The Labute approximate surface area is 110 Å². The standard InChI is InChI=1S/C12H13FN2O2.ClH/c1-2-17-12(16)11(14)9-6-15-10-4-3-7(13)5-8(9)10;/h3-6,11,15H,2,14H2,1H3;1H/t11-;/m0./s1. The molecule has 0 saturated carbocycles. The van der Waals surface area contributed by atoms with Crippen LogP contribution in [0.3, 0.4) is 0 Å². The van der Waals surface area contributed by atoms with Gasteiger partial charge in [0.1, 0.15) is 11.9 Å². The molecular weight excluding hydrogens is 259 g/mol. The lowest BCUT2D eigenvalue weighted by molar-refractivity contribution is -0.144. The van der Waals surface area contributed by atoms with E-state index in [1.165, 1.54) is 12.1 Å². The fourth-order valence-electron chi connectivity index (χ4n) is 1.73. The van der Waals surface area contributed by atoms with E-state index in [9.17, 15) is 9.18 Å². The Morgan fingerprint density at radius 2 is 2.28 bits per heavy atom. The van der Waals surface area contributed by atoms with Crippen molar-refractivity contribution in [1.82, 2.24) is 4.98 Å². The van der Waals surface area contributed by atoms with Gasteiger partial charge >= 0.3 is 5.97 Å². The topological polar surface area (TPSA) is 68.1 Å². The summed E-state index contributed by atoms with van der Waals surface area (Å²) in [4.78, 5) is 14.5. The maximum atomic E-state index is 13.1. The van der Waals surface area contributed by atoms with Crippen molar-refractivity contribution in [3.63, 3.8) is 0 Å². The molecule has 1 atom stereocenters. The molecule has 0 spiro atoms. The molecule has 2 rings (SSSR count). The molecular formula is C12H14ClFN2O2. The minimum Gasteiger partial charge on any atom is -0.465 e. The molecule has 1 heterocycles. The third kappa shape index (κ3) is 2.63. The molecule has 0 aliphatic heterocycles. The van der Waals surface area contributed by atoms with E-state index in [4.69, 9.17) is 10.5 Å². The molecule has 0 fully saturated rings. The van der Waals surface area contributed by atoms with Gasteiger partial charge in [-0.05, 0) is 25.1 Å². The lowest BCUT2D eigenvalue weighted by Gasteiger charge is -2.09. The first-order valence-electron chi connectivity index (χ1n) is 5.32. The normalized spacial score (nSPS) is 11.9. The van der Waals surface area contributed by atoms with Crippen LogP contribution >= 0.6 is 12.4 Å². The summed E-state index contributed by atoms with van der Waals surface area (Å²) >= 11 is 0. The minimum atomic E-state index is -0.898. The number of aromatic nitrogens is 1. The highest BCUT2D eigenvalue weighted by Gasteiger charge is 2.20. The lowest BCUT2D eigenvalue weighted by Crippen LogP contribution is -2.23. The van der Waals surface area contributed by atoms with Crippen molar-refractivity contribution in [3.8, 4) is 0 Å². The Bertz CT molecular complexity index is 556. The molecule has 0 unspecified atom stereocenters. The molecule has 0 bridgehead atoms. The Morgan fingerprint density at radius 3 is 2.94 bits per heavy atom. The van der Waals surface area contributed by atoms with E-state index in [2.05, 4.69) is 4.98 Å². The summed E-state index contributed by atoms with van der Waals surface area (Å²) in [5, 5.41) is 0.602. The number of nitrogens with two attached hydrogens (primary N) is 1. The van der Waals surface area contributed by atoms with Gasteiger partial charge in [0, 0.05) is 22.7 Å². The van der Waals surface area contributed by atoms with Gasteiger partial charge in [0.25, 0.3) is 0 Å². The number of nitrogens with one attached hydrogen (secondary N) is 1. The zero-order chi connectivity index (χ0) is 12.4. The van der Waals surface area contributed by atoms with Crippen molar-refractivity contribution >= 4 is 29.3 Å². The van der Waals surface area contributed by atoms with Crippen LogP contribution in [0.5, 0.6) is 0 Å². The number of carbonyl (C=O) groups is 1. The predicted octanol–water partition coefficient (Wildman–Crippen LogP) is 2.29. The molecule has 3 N–H and O–H groups in total. The SMILES string of the molecule is CCOC(=O)[C@@H](N)c1c[nH]c2ccc(F)cc12.Cl. The van der Waals surface area contributed by atoms with Crippen molar-refractivity contribution in [2.75, 3.05) is 6.61 Å². The van der Waals surface area contributed by atoms with Gasteiger partial charge in [0.2, 0.25) is 0 Å². The molecule has 0 saturated heterocycles. The molecule has 4 nitrogen and oxygen atoms in total. The molecule has 98 valence electrons. The maximum absolute atomic E-state index is 13.1. The van der Waals surface area contributed by atoms with E-state index in [1.807, 2.05) is 0 Å². The average molecular weight is 273 g/mol. The second kappa shape index (κ2) is 5.84. The van der Waals surface area contributed by atoms with Gasteiger partial charge in [-0.2, -0.15) is 0 Å². The van der Waals surface area contributed by atoms with Gasteiger partial charge in [0.15, 0.2) is 0 Å². The predicted molar refractivity (Wildman–Crippen MR) is 69.1 cm³/mol. The highest BCUT2D eigenvalue weighted by atomic mass is 35.5. The van der Waals surface area contributed by atoms with Gasteiger partial charge in [-0.25, -0.2) is 9.18 Å². The molecule has 0 amide bonds. The number of carbonyl (C=O) groups excluding carboxylic acids is 1. The fraction of sp³-hybridized carbons (Fsp3) is 0.250. The van der Waals surface area contributed by atoms with E-state index in [-0.39, 0.29) is 24.8 Å². The Morgan fingerprint density at radius 1 is 1.56 bits per heavy atom. The van der Waals surface area contributed by atoms with Crippen LogP contribution in [0.2, 0.25) is 0 Å². The number of benzene rings is 1. The molecule has 18 heavy (non-hydrogen) atoms. The lowest BCUT2D eigenvalue weighted by atomic mass is 10.1. The largest absolute Gasteiger partial charge is 0.465 e. The Balaban J connectivity index is 0.00000162. The second-order valence-corrected chi connectivity index (χ2v) is 3.66. The highest BCUT2D eigenvalue weighted by Crippen LogP contribution is 2.24. The first-order valence-corrected chi connectivity index (χ1v) is 5.32. The molecule has 0 aliphatic carbocycles. The number of hydrogen-bond donors (Lipinski definition) is 2. The van der Waals surface area contributed by atoms with Gasteiger partial charge in [-0.3, -0.25) is 0 Å². The smallest absolute Gasteiger partial charge is 0.327 e. The summed E-state index contributed by atoms with van der Waals surface area (Å²) in [6, 6.07) is 3.40. The van der Waals surface area contributed by atoms with Gasteiger partial charge in [-0.1, -0.05) is 0 Å². The van der Waals surface area contributed by atoms with Gasteiger partial charge in [0.05, 0.1) is 6.61 Å². The van der Waals surface area contributed by atoms with Crippen LogP contribution in [0.25, 0.3) is 10.9 Å². The molecule has 0 aliphatic rings. The first kappa shape index (κ1) is 14.5. The number of hydrogen-bond acceptors (Lipinski definition) is 3. The number of rotatable bonds is 3. The summed E-state index contributed by atoms with van der Waals surface area (Å²) in [7, 11) is 0. The van der Waals surface area contributed by atoms with Crippen LogP contribution in [0.1, 0.15) is 18.5 Å². The van der Waals surface area contributed by atoms with Crippen LogP contribution in [0, 0.1) is 5.82 Å². The van der Waals surface area contributed by atoms with E-state index in [1.54, 1.807) is 19.2 Å². The van der Waals surface area contributed by atoms with Crippen molar-refractivity contribution in [3.05, 3.63) is 35.8 Å². The summed E-state index contributed by atoms with van der Waals surface area (Å²) in [6.07, 6.45) is 1.60. The van der Waals surface area contributed by atoms with Crippen LogP contribution in [-0.4, -0.2) is 17.6 Å². The molecule has 1 aromatic heterocycles. The van der Waals surface area contributed by atoms with E-state index < -0.39 is 12.0 Å². The Hall–Kier alpha value is -1.59. The van der Waals surface area contributed by atoms with Crippen LogP contribution < -0.4 is 5.73 Å². The number of H-pyrrole nitrogens is 1. The summed E-state index contributed by atoms with van der Waals surface area (Å²) in [5.74, 6) is -0.882. The third-order valence-electron chi connectivity index (χ3n) is 2.55. The maximum Gasteiger partial charge on any atom is 0.327 e. The molecule has 0 radical (unpaired) electrons. The van der Waals surface area contributed by atoms with Crippen molar-refractivity contribution < 1.29 is 13.9 Å². The number of esters is 1. The number of ether oxygens (including phenoxy) is 1. The number of halogens is 2. The molecule has 6 heteroatoms. The summed E-state index contributed by atoms with van der Waals surface area (Å²) < 4.78 is 18.0. The summed E-state index contributed by atoms with van der Waals surface area (Å²) in [5.41, 5.74) is 7.05. The zero-order valence-electron chi connectivity index (χ0n) is 9.77. The molecule has 1 aromatic carbocycles. The second-order valence-electron chi connectivity index (χ2n) is 3.66. The van der Waals surface area contributed by atoms with Crippen LogP contribution in [0.15, 0.2) is 24.4 Å². The highest BCUT2D eigenvalue weighted by molar-refractivity contribution is 5.89. The average Bonchev–Trinajstić information content (AvgIpc) is 2.71. The first-order chi connectivity index (χ1) is 8.13. The van der Waals surface area contributed by atoms with Crippen molar-refractivity contribution in [1.29, 1.82) is 0 Å². The van der Waals surface area contributed by atoms with Crippen LogP contribution in [-0.2, 0) is 9.53 Å². The zero-order valence-corrected chi connectivity index (χ0v) is 10.6.